The van der Waals surface area contributed by atoms with Gasteiger partial charge in [-0.25, -0.2) is 0 Å². The van der Waals surface area contributed by atoms with Crippen LogP contribution in [0.25, 0.3) is 0 Å². The summed E-state index contributed by atoms with van der Waals surface area (Å²) in [6.45, 7) is 3.26. The Hall–Kier alpha value is -2.53. The quantitative estimate of drug-likeness (QED) is 0.899. The molecule has 6 heteroatoms. The molecule has 0 saturated carbocycles. The van der Waals surface area contributed by atoms with E-state index in [2.05, 4.69) is 5.32 Å². The van der Waals surface area contributed by atoms with E-state index < -0.39 is 0 Å². The summed E-state index contributed by atoms with van der Waals surface area (Å²) in [6, 6.07) is 12.4. The van der Waals surface area contributed by atoms with E-state index in [1.807, 2.05) is 31.2 Å². The highest BCUT2D eigenvalue weighted by Gasteiger charge is 2.17. The molecule has 126 valence electrons. The maximum atomic E-state index is 12.2. The van der Waals surface area contributed by atoms with Gasteiger partial charge in [-0.2, -0.15) is 0 Å². The van der Waals surface area contributed by atoms with Crippen molar-refractivity contribution in [3.05, 3.63) is 53.1 Å². The number of ether oxygens (including phenoxy) is 1. The maximum absolute atomic E-state index is 12.2. The van der Waals surface area contributed by atoms with Gasteiger partial charge in [0.1, 0.15) is 12.3 Å². The first kappa shape index (κ1) is 17.8. The molecule has 0 bridgehead atoms. The molecule has 2 aromatic rings. The predicted octanol–water partition coefficient (Wildman–Crippen LogP) is 3.65. The summed E-state index contributed by atoms with van der Waals surface area (Å²) in [5, 5.41) is 3.15. The lowest BCUT2D eigenvalue weighted by Gasteiger charge is -2.21. The number of benzene rings is 2. The normalized spacial score (nSPS) is 10.2. The van der Waals surface area contributed by atoms with E-state index in [1.54, 1.807) is 18.2 Å². The zero-order valence-corrected chi connectivity index (χ0v) is 14.6. The Labute approximate surface area is 146 Å². The molecule has 0 aliphatic heterocycles. The van der Waals surface area contributed by atoms with Gasteiger partial charge in [0.2, 0.25) is 11.8 Å². The zero-order chi connectivity index (χ0) is 17.7. The van der Waals surface area contributed by atoms with Crippen molar-refractivity contribution in [2.45, 2.75) is 13.8 Å². The van der Waals surface area contributed by atoms with Crippen LogP contribution in [-0.2, 0) is 9.59 Å². The Balaban J connectivity index is 2.13. The second-order valence-corrected chi connectivity index (χ2v) is 5.75. The van der Waals surface area contributed by atoms with Gasteiger partial charge in [0, 0.05) is 18.3 Å². The SMILES string of the molecule is COc1ccc(N(CC(=O)Nc2ccc(C)cc2)C(C)=O)cc1Cl. The molecule has 0 spiro atoms. The fourth-order valence-electron chi connectivity index (χ4n) is 2.19. The molecule has 5 nitrogen and oxygen atoms in total. The molecule has 24 heavy (non-hydrogen) atoms. The Morgan fingerprint density at radius 1 is 1.17 bits per heavy atom. The van der Waals surface area contributed by atoms with Gasteiger partial charge in [-0.3, -0.25) is 9.59 Å². The number of nitrogens with zero attached hydrogens (tertiary/aromatic N) is 1. The van der Waals surface area contributed by atoms with Crippen LogP contribution in [0.15, 0.2) is 42.5 Å². The molecule has 0 saturated heterocycles. The molecule has 2 amide bonds. The van der Waals surface area contributed by atoms with Crippen LogP contribution in [0.4, 0.5) is 11.4 Å². The lowest BCUT2D eigenvalue weighted by atomic mass is 10.2. The fourth-order valence-corrected chi connectivity index (χ4v) is 2.44. The summed E-state index contributed by atoms with van der Waals surface area (Å²) >= 11 is 6.10. The average Bonchev–Trinajstić information content (AvgIpc) is 2.54. The van der Waals surface area contributed by atoms with Crippen molar-refractivity contribution in [2.75, 3.05) is 23.9 Å². The maximum Gasteiger partial charge on any atom is 0.244 e. The lowest BCUT2D eigenvalue weighted by Crippen LogP contribution is -2.36. The van der Waals surface area contributed by atoms with Crippen molar-refractivity contribution in [3.63, 3.8) is 0 Å². The molecule has 0 fully saturated rings. The van der Waals surface area contributed by atoms with Gasteiger partial charge in [-0.1, -0.05) is 29.3 Å². The van der Waals surface area contributed by atoms with E-state index in [0.29, 0.717) is 22.1 Å². The monoisotopic (exact) mass is 346 g/mol. The van der Waals surface area contributed by atoms with Crippen LogP contribution in [0.1, 0.15) is 12.5 Å². The highest BCUT2D eigenvalue weighted by atomic mass is 35.5. The molecular formula is C18H19ClN2O3. The average molecular weight is 347 g/mol. The van der Waals surface area contributed by atoms with E-state index in [-0.39, 0.29) is 18.4 Å². The molecule has 0 radical (unpaired) electrons. The first-order valence-corrected chi connectivity index (χ1v) is 7.76. The molecular weight excluding hydrogens is 328 g/mol. The summed E-state index contributed by atoms with van der Waals surface area (Å²) < 4.78 is 5.10. The van der Waals surface area contributed by atoms with Gasteiger partial charge >= 0.3 is 0 Å². The van der Waals surface area contributed by atoms with Crippen LogP contribution in [0.3, 0.4) is 0 Å². The van der Waals surface area contributed by atoms with Crippen LogP contribution in [0, 0.1) is 6.92 Å². The number of amides is 2. The van der Waals surface area contributed by atoms with Crippen molar-refractivity contribution in [1.82, 2.24) is 0 Å². The van der Waals surface area contributed by atoms with Gasteiger partial charge < -0.3 is 15.0 Å². The van der Waals surface area contributed by atoms with Gasteiger partial charge in [-0.05, 0) is 37.3 Å². The minimum absolute atomic E-state index is 0.105. The summed E-state index contributed by atoms with van der Waals surface area (Å²) in [7, 11) is 1.51. The van der Waals surface area contributed by atoms with Gasteiger partial charge in [0.25, 0.3) is 0 Å². The number of anilines is 2. The Kier molecular flexibility index (Phi) is 5.82. The van der Waals surface area contributed by atoms with Crippen LogP contribution in [0.2, 0.25) is 5.02 Å². The first-order chi connectivity index (χ1) is 11.4. The molecule has 2 rings (SSSR count). The molecule has 1 N–H and O–H groups in total. The third-order valence-corrected chi connectivity index (χ3v) is 3.76. The van der Waals surface area contributed by atoms with E-state index in [9.17, 15) is 9.59 Å². The topological polar surface area (TPSA) is 58.6 Å². The minimum Gasteiger partial charge on any atom is -0.495 e. The van der Waals surface area contributed by atoms with E-state index in [1.165, 1.54) is 18.9 Å². The summed E-state index contributed by atoms with van der Waals surface area (Å²) in [4.78, 5) is 25.5. The van der Waals surface area contributed by atoms with E-state index >= 15 is 0 Å². The molecule has 0 unspecified atom stereocenters. The number of hydrogen-bond acceptors (Lipinski definition) is 3. The Morgan fingerprint density at radius 2 is 1.83 bits per heavy atom. The number of aryl methyl sites for hydroxylation is 1. The van der Waals surface area contributed by atoms with E-state index in [0.717, 1.165) is 5.56 Å². The van der Waals surface area contributed by atoms with Crippen LogP contribution in [-0.4, -0.2) is 25.5 Å². The number of methoxy groups -OCH3 is 1. The number of rotatable bonds is 5. The molecule has 0 aliphatic carbocycles. The summed E-state index contributed by atoms with van der Waals surface area (Å²) in [5.41, 5.74) is 2.32. The van der Waals surface area contributed by atoms with Crippen molar-refractivity contribution < 1.29 is 14.3 Å². The molecule has 0 aliphatic rings. The number of hydrogen-bond donors (Lipinski definition) is 1. The van der Waals surface area contributed by atoms with E-state index in [4.69, 9.17) is 16.3 Å². The first-order valence-electron chi connectivity index (χ1n) is 7.39. The van der Waals surface area contributed by atoms with Crippen molar-refractivity contribution in [1.29, 1.82) is 0 Å². The van der Waals surface area contributed by atoms with Crippen molar-refractivity contribution in [2.24, 2.45) is 0 Å². The lowest BCUT2D eigenvalue weighted by molar-refractivity contribution is -0.120. The third kappa shape index (κ3) is 4.49. The van der Waals surface area contributed by atoms with Crippen molar-refractivity contribution >= 4 is 34.8 Å². The van der Waals surface area contributed by atoms with Crippen LogP contribution >= 0.6 is 11.6 Å². The third-order valence-electron chi connectivity index (χ3n) is 3.46. The molecule has 0 heterocycles. The standard InChI is InChI=1S/C18H19ClN2O3/c1-12-4-6-14(7-5-12)20-18(23)11-21(13(2)22)15-8-9-17(24-3)16(19)10-15/h4-10H,11H2,1-3H3,(H,20,23). The van der Waals surface area contributed by atoms with Crippen LogP contribution in [0.5, 0.6) is 5.75 Å². The second kappa shape index (κ2) is 7.84. The zero-order valence-electron chi connectivity index (χ0n) is 13.8. The Morgan fingerprint density at radius 3 is 2.38 bits per heavy atom. The highest BCUT2D eigenvalue weighted by molar-refractivity contribution is 6.32. The predicted molar refractivity (Wildman–Crippen MR) is 95.8 cm³/mol. The smallest absolute Gasteiger partial charge is 0.244 e. The fraction of sp³-hybridized carbons (Fsp3) is 0.222. The largest absolute Gasteiger partial charge is 0.495 e. The number of carbonyl (C=O) groups excluding carboxylic acids is 2. The number of carbonyl (C=O) groups is 2. The summed E-state index contributed by atoms with van der Waals surface area (Å²) in [6.07, 6.45) is 0. The van der Waals surface area contributed by atoms with Gasteiger partial charge in [0.05, 0.1) is 12.1 Å². The number of nitrogens with one attached hydrogen (secondary N) is 1. The van der Waals surface area contributed by atoms with Gasteiger partial charge in [0.15, 0.2) is 0 Å². The van der Waals surface area contributed by atoms with Crippen molar-refractivity contribution in [3.8, 4) is 5.75 Å². The second-order valence-electron chi connectivity index (χ2n) is 5.34. The molecule has 0 atom stereocenters. The highest BCUT2D eigenvalue weighted by Crippen LogP contribution is 2.29. The van der Waals surface area contributed by atoms with Gasteiger partial charge in [-0.15, -0.1) is 0 Å². The molecule has 0 aromatic heterocycles. The Bertz CT molecular complexity index is 744. The number of halogens is 1. The summed E-state index contributed by atoms with van der Waals surface area (Å²) in [5.74, 6) is -0.0377. The minimum atomic E-state index is -0.291. The molecule has 2 aromatic carbocycles. The van der Waals surface area contributed by atoms with Crippen LogP contribution < -0.4 is 15.0 Å².